The quantitative estimate of drug-likeness (QED) is 0.444. The summed E-state index contributed by atoms with van der Waals surface area (Å²) in [6.07, 6.45) is 0. The summed E-state index contributed by atoms with van der Waals surface area (Å²) in [5.41, 5.74) is 2.02. The molecule has 4 rings (SSSR count). The highest BCUT2D eigenvalue weighted by Crippen LogP contribution is 2.23. The Balaban J connectivity index is 1.36. The first-order chi connectivity index (χ1) is 15.5. The Hall–Kier alpha value is -4.00. The van der Waals surface area contributed by atoms with E-state index >= 15 is 0 Å². The molecular formula is C25H24N2O5. The first-order valence-electron chi connectivity index (χ1n) is 10.1. The third-order valence-corrected chi connectivity index (χ3v) is 5.33. The van der Waals surface area contributed by atoms with E-state index in [1.54, 1.807) is 33.4 Å². The number of carbonyl (C=O) groups is 2. The van der Waals surface area contributed by atoms with Crippen LogP contribution in [-0.4, -0.2) is 49.6 Å². The minimum absolute atomic E-state index is 0.286. The number of aromatic amines is 1. The van der Waals surface area contributed by atoms with Crippen molar-refractivity contribution >= 4 is 33.6 Å². The third kappa shape index (κ3) is 4.51. The molecule has 3 aromatic carbocycles. The van der Waals surface area contributed by atoms with Gasteiger partial charge in [0.15, 0.2) is 6.61 Å². The fourth-order valence-electron chi connectivity index (χ4n) is 3.52. The molecule has 7 nitrogen and oxygen atoms in total. The average molecular weight is 432 g/mol. The Morgan fingerprint density at radius 3 is 2.25 bits per heavy atom. The molecule has 0 aliphatic rings. The number of fused-ring (bicyclic) bond motifs is 2. The number of aromatic nitrogens is 1. The molecule has 0 atom stereocenters. The van der Waals surface area contributed by atoms with E-state index in [1.807, 2.05) is 48.5 Å². The van der Waals surface area contributed by atoms with Gasteiger partial charge in [0.25, 0.3) is 5.91 Å². The van der Waals surface area contributed by atoms with Crippen LogP contribution in [0.4, 0.5) is 0 Å². The number of rotatable bonds is 7. The molecule has 0 radical (unpaired) electrons. The molecule has 0 bridgehead atoms. The highest BCUT2D eigenvalue weighted by Gasteiger charge is 2.16. The lowest BCUT2D eigenvalue weighted by Crippen LogP contribution is -2.30. The van der Waals surface area contributed by atoms with Gasteiger partial charge in [-0.1, -0.05) is 18.2 Å². The number of likely N-dealkylation sites (N-methyl/N-ethyl adjacent to an activating group) is 1. The molecule has 0 aliphatic heterocycles. The predicted octanol–water partition coefficient (Wildman–Crippen LogP) is 4.15. The molecular weight excluding hydrogens is 408 g/mol. The van der Waals surface area contributed by atoms with Crippen LogP contribution in [0.2, 0.25) is 0 Å². The molecule has 164 valence electrons. The lowest BCUT2D eigenvalue weighted by molar-refractivity contribution is -0.133. The molecule has 0 saturated heterocycles. The number of methoxy groups -OCH3 is 2. The SMILES string of the molecule is COc1ccc2cc(CN(C)C(=O)COC(=O)c3cc4ccc(OC)cc4[nH]3)ccc2c1. The van der Waals surface area contributed by atoms with E-state index in [4.69, 9.17) is 14.2 Å². The number of hydrogen-bond acceptors (Lipinski definition) is 5. The summed E-state index contributed by atoms with van der Waals surface area (Å²) in [5, 5.41) is 2.98. The first kappa shape index (κ1) is 21.2. The Bertz CT molecular complexity index is 1290. The molecule has 0 aliphatic carbocycles. The first-order valence-corrected chi connectivity index (χ1v) is 10.1. The van der Waals surface area contributed by atoms with Gasteiger partial charge in [-0.2, -0.15) is 0 Å². The summed E-state index contributed by atoms with van der Waals surface area (Å²) in [5.74, 6) is 0.616. The second-order valence-electron chi connectivity index (χ2n) is 7.51. The average Bonchev–Trinajstić information content (AvgIpc) is 3.25. The highest BCUT2D eigenvalue weighted by atomic mass is 16.5. The van der Waals surface area contributed by atoms with Gasteiger partial charge in [0.2, 0.25) is 0 Å². The number of amides is 1. The van der Waals surface area contributed by atoms with E-state index in [1.165, 1.54) is 4.90 Å². The molecule has 7 heteroatoms. The highest BCUT2D eigenvalue weighted by molar-refractivity contribution is 5.96. The van der Waals surface area contributed by atoms with Crippen LogP contribution in [0.5, 0.6) is 11.5 Å². The summed E-state index contributed by atoms with van der Waals surface area (Å²) in [4.78, 5) is 29.4. The number of esters is 1. The molecule has 1 heterocycles. The van der Waals surface area contributed by atoms with E-state index in [2.05, 4.69) is 4.98 Å². The number of hydrogen-bond donors (Lipinski definition) is 1. The predicted molar refractivity (Wildman–Crippen MR) is 122 cm³/mol. The maximum Gasteiger partial charge on any atom is 0.355 e. The van der Waals surface area contributed by atoms with Gasteiger partial charge < -0.3 is 24.1 Å². The molecule has 1 N–H and O–H groups in total. The van der Waals surface area contributed by atoms with Crippen molar-refractivity contribution in [3.05, 3.63) is 71.9 Å². The zero-order valence-corrected chi connectivity index (χ0v) is 18.2. The third-order valence-electron chi connectivity index (χ3n) is 5.33. The smallest absolute Gasteiger partial charge is 0.355 e. The van der Waals surface area contributed by atoms with E-state index in [0.717, 1.165) is 33.0 Å². The van der Waals surface area contributed by atoms with E-state index in [9.17, 15) is 9.59 Å². The summed E-state index contributed by atoms with van der Waals surface area (Å²) in [7, 11) is 4.90. The molecule has 1 aromatic heterocycles. The maximum absolute atomic E-state index is 12.5. The van der Waals surface area contributed by atoms with Gasteiger partial charge in [-0.05, 0) is 52.7 Å². The van der Waals surface area contributed by atoms with Crippen LogP contribution < -0.4 is 9.47 Å². The fraction of sp³-hybridized carbons (Fsp3) is 0.200. The van der Waals surface area contributed by atoms with Gasteiger partial charge in [0.05, 0.1) is 14.2 Å². The van der Waals surface area contributed by atoms with Gasteiger partial charge in [-0.3, -0.25) is 4.79 Å². The van der Waals surface area contributed by atoms with Crippen molar-refractivity contribution in [3.8, 4) is 11.5 Å². The Labute approximate surface area is 185 Å². The van der Waals surface area contributed by atoms with Crippen LogP contribution in [-0.2, 0) is 16.1 Å². The Morgan fingerprint density at radius 1 is 0.844 bits per heavy atom. The van der Waals surface area contributed by atoms with Crippen LogP contribution >= 0.6 is 0 Å². The number of nitrogens with one attached hydrogen (secondary N) is 1. The van der Waals surface area contributed by atoms with E-state index in [0.29, 0.717) is 12.3 Å². The minimum Gasteiger partial charge on any atom is -0.497 e. The molecule has 0 fully saturated rings. The van der Waals surface area contributed by atoms with Gasteiger partial charge >= 0.3 is 5.97 Å². The minimum atomic E-state index is -0.582. The van der Waals surface area contributed by atoms with Gasteiger partial charge in [-0.25, -0.2) is 4.79 Å². The monoisotopic (exact) mass is 432 g/mol. The van der Waals surface area contributed by atoms with Crippen molar-refractivity contribution in [1.29, 1.82) is 0 Å². The molecule has 4 aromatic rings. The number of nitrogens with zero attached hydrogens (tertiary/aromatic N) is 1. The lowest BCUT2D eigenvalue weighted by Gasteiger charge is -2.17. The summed E-state index contributed by atoms with van der Waals surface area (Å²) in [6.45, 7) is 0.0728. The number of ether oxygens (including phenoxy) is 3. The summed E-state index contributed by atoms with van der Waals surface area (Å²) in [6, 6.07) is 19.0. The van der Waals surface area contributed by atoms with Crippen LogP contribution in [0.25, 0.3) is 21.7 Å². The van der Waals surface area contributed by atoms with E-state index in [-0.39, 0.29) is 18.2 Å². The number of carbonyl (C=O) groups excluding carboxylic acids is 2. The molecule has 32 heavy (non-hydrogen) atoms. The molecule has 1 amide bonds. The number of benzene rings is 3. The number of H-pyrrole nitrogens is 1. The Kier molecular flexibility index (Phi) is 5.98. The van der Waals surface area contributed by atoms with E-state index < -0.39 is 5.97 Å². The topological polar surface area (TPSA) is 80.9 Å². The van der Waals surface area contributed by atoms with Gasteiger partial charge in [-0.15, -0.1) is 0 Å². The van der Waals surface area contributed by atoms with Crippen molar-refractivity contribution in [1.82, 2.24) is 9.88 Å². The van der Waals surface area contributed by atoms with Crippen molar-refractivity contribution in [2.24, 2.45) is 0 Å². The second-order valence-corrected chi connectivity index (χ2v) is 7.51. The summed E-state index contributed by atoms with van der Waals surface area (Å²) < 4.78 is 15.7. The van der Waals surface area contributed by atoms with Gasteiger partial charge in [0.1, 0.15) is 17.2 Å². The second kappa shape index (κ2) is 9.01. The lowest BCUT2D eigenvalue weighted by atomic mass is 10.1. The molecule has 0 saturated carbocycles. The van der Waals surface area contributed by atoms with Crippen LogP contribution in [0.15, 0.2) is 60.7 Å². The van der Waals surface area contributed by atoms with Crippen molar-refractivity contribution < 1.29 is 23.8 Å². The molecule has 0 unspecified atom stereocenters. The van der Waals surface area contributed by atoms with Crippen LogP contribution in [0.1, 0.15) is 16.1 Å². The Morgan fingerprint density at radius 2 is 1.50 bits per heavy atom. The normalized spacial score (nSPS) is 10.8. The maximum atomic E-state index is 12.5. The van der Waals surface area contributed by atoms with Crippen LogP contribution in [0, 0.1) is 0 Å². The van der Waals surface area contributed by atoms with Crippen molar-refractivity contribution in [2.75, 3.05) is 27.9 Å². The summed E-state index contributed by atoms with van der Waals surface area (Å²) >= 11 is 0. The zero-order chi connectivity index (χ0) is 22.7. The largest absolute Gasteiger partial charge is 0.497 e. The van der Waals surface area contributed by atoms with Crippen molar-refractivity contribution in [2.45, 2.75) is 6.54 Å². The van der Waals surface area contributed by atoms with Crippen molar-refractivity contribution in [3.63, 3.8) is 0 Å². The van der Waals surface area contributed by atoms with Crippen LogP contribution in [0.3, 0.4) is 0 Å². The fourth-order valence-corrected chi connectivity index (χ4v) is 3.52. The zero-order valence-electron chi connectivity index (χ0n) is 18.2. The van der Waals surface area contributed by atoms with Gasteiger partial charge in [0, 0.05) is 30.6 Å². The standard InChI is InChI=1S/C25H24N2O5/c1-27(14-16-4-5-18-11-20(30-2)8-6-17(18)10-16)24(28)15-32-25(29)23-12-19-7-9-21(31-3)13-22(19)26-23/h4-13,26H,14-15H2,1-3H3. The molecule has 0 spiro atoms.